The lowest BCUT2D eigenvalue weighted by molar-refractivity contribution is 0.161. The Bertz CT molecular complexity index is 349. The van der Waals surface area contributed by atoms with E-state index in [1.165, 1.54) is 31.2 Å². The molecule has 2 rings (SSSR count). The molecule has 1 saturated carbocycles. The van der Waals surface area contributed by atoms with Crippen LogP contribution in [0.3, 0.4) is 0 Å². The molecule has 1 aliphatic carbocycles. The highest BCUT2D eigenvalue weighted by atomic mass is 15.2. The minimum absolute atomic E-state index is 0.420. The molecule has 100 valence electrons. The second-order valence-corrected chi connectivity index (χ2v) is 6.46. The molecule has 1 aliphatic rings. The van der Waals surface area contributed by atoms with Gasteiger partial charge in [0, 0.05) is 6.04 Å². The molecule has 0 spiro atoms. The first-order valence-electron chi connectivity index (χ1n) is 7.11. The van der Waals surface area contributed by atoms with Gasteiger partial charge in [-0.15, -0.1) is 0 Å². The van der Waals surface area contributed by atoms with Crippen molar-refractivity contribution >= 4 is 0 Å². The highest BCUT2D eigenvalue weighted by Crippen LogP contribution is 2.39. The summed E-state index contributed by atoms with van der Waals surface area (Å²) in [5, 5.41) is 0. The first-order chi connectivity index (χ1) is 8.61. The lowest BCUT2D eigenvalue weighted by Crippen LogP contribution is -2.44. The summed E-state index contributed by atoms with van der Waals surface area (Å²) in [5.41, 5.74) is 4.96. The zero-order valence-electron chi connectivity index (χ0n) is 11.7. The third-order valence-electron chi connectivity index (χ3n) is 4.47. The van der Waals surface area contributed by atoms with Crippen LogP contribution in [0.4, 0.5) is 0 Å². The van der Waals surface area contributed by atoms with E-state index in [0.29, 0.717) is 11.5 Å². The number of benzene rings is 1. The lowest BCUT2D eigenvalue weighted by atomic mass is 9.70. The average molecular weight is 246 g/mol. The fourth-order valence-corrected chi connectivity index (χ4v) is 3.05. The van der Waals surface area contributed by atoms with Gasteiger partial charge in [0.05, 0.1) is 0 Å². The van der Waals surface area contributed by atoms with Crippen LogP contribution >= 0.6 is 0 Å². The lowest BCUT2D eigenvalue weighted by Gasteiger charge is -2.37. The van der Waals surface area contributed by atoms with Crippen LogP contribution in [0.15, 0.2) is 30.3 Å². The molecule has 1 unspecified atom stereocenters. The molecule has 1 aromatic rings. The summed E-state index contributed by atoms with van der Waals surface area (Å²) < 4.78 is 0. The van der Waals surface area contributed by atoms with Crippen LogP contribution in [0.25, 0.3) is 0 Å². The predicted molar refractivity (Wildman–Crippen MR) is 77.0 cm³/mol. The van der Waals surface area contributed by atoms with E-state index in [2.05, 4.69) is 49.6 Å². The Morgan fingerprint density at radius 1 is 1.22 bits per heavy atom. The van der Waals surface area contributed by atoms with Gasteiger partial charge in [0.25, 0.3) is 0 Å². The Kier molecular flexibility index (Phi) is 4.41. The summed E-state index contributed by atoms with van der Waals surface area (Å²) >= 11 is 0. The molecule has 0 radical (unpaired) electrons. The number of hydrogen-bond donors (Lipinski definition) is 2. The Balaban J connectivity index is 1.94. The van der Waals surface area contributed by atoms with Gasteiger partial charge in [-0.25, -0.2) is 0 Å². The van der Waals surface area contributed by atoms with Crippen LogP contribution in [0.5, 0.6) is 0 Å². The maximum Gasteiger partial charge on any atom is 0.0279 e. The highest BCUT2D eigenvalue weighted by Gasteiger charge is 2.30. The van der Waals surface area contributed by atoms with Gasteiger partial charge in [-0.05, 0) is 49.0 Å². The van der Waals surface area contributed by atoms with Gasteiger partial charge in [-0.2, -0.15) is 0 Å². The molecular weight excluding hydrogens is 220 g/mol. The normalized spacial score (nSPS) is 21.7. The molecule has 1 atom stereocenters. The number of hydrazine groups is 1. The number of hydrogen-bond acceptors (Lipinski definition) is 2. The Hall–Kier alpha value is -0.860. The van der Waals surface area contributed by atoms with Crippen LogP contribution in [0.2, 0.25) is 0 Å². The number of nitrogens with one attached hydrogen (secondary N) is 1. The van der Waals surface area contributed by atoms with E-state index in [4.69, 9.17) is 5.84 Å². The second-order valence-electron chi connectivity index (χ2n) is 6.46. The van der Waals surface area contributed by atoms with Crippen molar-refractivity contribution in [2.24, 2.45) is 17.2 Å². The fraction of sp³-hybridized carbons (Fsp3) is 0.625. The van der Waals surface area contributed by atoms with Crippen molar-refractivity contribution in [3.8, 4) is 0 Å². The van der Waals surface area contributed by atoms with E-state index in [1.54, 1.807) is 0 Å². The van der Waals surface area contributed by atoms with Crippen LogP contribution in [0.1, 0.15) is 45.1 Å². The van der Waals surface area contributed by atoms with E-state index in [9.17, 15) is 0 Å². The molecular formula is C16H26N2. The first-order valence-corrected chi connectivity index (χ1v) is 7.11. The van der Waals surface area contributed by atoms with Gasteiger partial charge in [-0.3, -0.25) is 11.3 Å². The van der Waals surface area contributed by atoms with E-state index in [-0.39, 0.29) is 0 Å². The smallest absolute Gasteiger partial charge is 0.0279 e. The molecule has 3 N–H and O–H groups in total. The highest BCUT2D eigenvalue weighted by molar-refractivity contribution is 5.16. The van der Waals surface area contributed by atoms with Gasteiger partial charge in [-0.1, -0.05) is 44.2 Å². The Labute approximate surface area is 111 Å². The fourth-order valence-electron chi connectivity index (χ4n) is 3.05. The molecule has 1 fully saturated rings. The van der Waals surface area contributed by atoms with Crippen molar-refractivity contribution in [2.75, 3.05) is 0 Å². The molecule has 0 aromatic heterocycles. The summed E-state index contributed by atoms with van der Waals surface area (Å²) in [4.78, 5) is 0. The summed E-state index contributed by atoms with van der Waals surface area (Å²) in [5.74, 6) is 6.49. The Morgan fingerprint density at radius 2 is 1.83 bits per heavy atom. The molecule has 0 bridgehead atoms. The van der Waals surface area contributed by atoms with Gasteiger partial charge in [0.1, 0.15) is 0 Å². The zero-order chi connectivity index (χ0) is 13.0. The third kappa shape index (κ3) is 3.56. The predicted octanol–water partition coefficient (Wildman–Crippen LogP) is 3.28. The average Bonchev–Trinajstić information content (AvgIpc) is 2.38. The topological polar surface area (TPSA) is 38.0 Å². The van der Waals surface area contributed by atoms with Crippen molar-refractivity contribution in [3.63, 3.8) is 0 Å². The summed E-state index contributed by atoms with van der Waals surface area (Å²) in [6, 6.07) is 11.1. The summed E-state index contributed by atoms with van der Waals surface area (Å²) in [6.07, 6.45) is 6.29. The molecule has 2 heteroatoms. The molecule has 2 nitrogen and oxygen atoms in total. The van der Waals surface area contributed by atoms with Crippen molar-refractivity contribution in [3.05, 3.63) is 35.9 Å². The minimum Gasteiger partial charge on any atom is -0.271 e. The maximum atomic E-state index is 5.77. The van der Waals surface area contributed by atoms with Crippen molar-refractivity contribution in [2.45, 2.75) is 52.0 Å². The second kappa shape index (κ2) is 5.85. The number of rotatable bonds is 4. The van der Waals surface area contributed by atoms with Crippen LogP contribution in [-0.2, 0) is 6.42 Å². The monoisotopic (exact) mass is 246 g/mol. The Morgan fingerprint density at radius 3 is 2.39 bits per heavy atom. The van der Waals surface area contributed by atoms with Gasteiger partial charge < -0.3 is 0 Å². The SMILES string of the molecule is CC1(C)CCC(C(Cc2ccccc2)NN)CC1. The van der Waals surface area contributed by atoms with Crippen LogP contribution in [-0.4, -0.2) is 6.04 Å². The van der Waals surface area contributed by atoms with E-state index in [0.717, 1.165) is 12.3 Å². The molecule has 0 aliphatic heterocycles. The van der Waals surface area contributed by atoms with Crippen LogP contribution < -0.4 is 11.3 Å². The summed E-state index contributed by atoms with van der Waals surface area (Å²) in [6.45, 7) is 4.76. The molecule has 1 aromatic carbocycles. The maximum absolute atomic E-state index is 5.77. The quantitative estimate of drug-likeness (QED) is 0.632. The third-order valence-corrected chi connectivity index (χ3v) is 4.47. The van der Waals surface area contributed by atoms with E-state index in [1.807, 2.05) is 0 Å². The zero-order valence-corrected chi connectivity index (χ0v) is 11.7. The van der Waals surface area contributed by atoms with Gasteiger partial charge in [0.15, 0.2) is 0 Å². The van der Waals surface area contributed by atoms with Crippen LogP contribution in [0, 0.1) is 11.3 Å². The van der Waals surface area contributed by atoms with Gasteiger partial charge in [0.2, 0.25) is 0 Å². The largest absolute Gasteiger partial charge is 0.271 e. The minimum atomic E-state index is 0.420. The molecule has 18 heavy (non-hydrogen) atoms. The molecule has 0 heterocycles. The standard InChI is InChI=1S/C16H26N2/c1-16(2)10-8-14(9-11-16)15(18-17)12-13-6-4-3-5-7-13/h3-7,14-15,18H,8-12,17H2,1-2H3. The van der Waals surface area contributed by atoms with Crippen molar-refractivity contribution < 1.29 is 0 Å². The van der Waals surface area contributed by atoms with Gasteiger partial charge >= 0.3 is 0 Å². The first kappa shape index (κ1) is 13.6. The summed E-state index contributed by atoms with van der Waals surface area (Å²) in [7, 11) is 0. The van der Waals surface area contributed by atoms with E-state index < -0.39 is 0 Å². The van der Waals surface area contributed by atoms with E-state index >= 15 is 0 Å². The molecule has 0 amide bonds. The number of nitrogens with two attached hydrogens (primary N) is 1. The van der Waals surface area contributed by atoms with Crippen molar-refractivity contribution in [1.29, 1.82) is 0 Å². The molecule has 0 saturated heterocycles. The van der Waals surface area contributed by atoms with Crippen molar-refractivity contribution in [1.82, 2.24) is 5.43 Å².